The van der Waals surface area contributed by atoms with Crippen LogP contribution in [0.1, 0.15) is 117 Å². The van der Waals surface area contributed by atoms with E-state index in [1.54, 1.807) is 0 Å². The molecule has 0 aliphatic heterocycles. The van der Waals surface area contributed by atoms with Crippen LogP contribution < -0.4 is 6.15 Å². The third-order valence-corrected chi connectivity index (χ3v) is 4.00. The molecule has 0 heterocycles. The van der Waals surface area contributed by atoms with Crippen molar-refractivity contribution in [2.75, 3.05) is 5.88 Å². The van der Waals surface area contributed by atoms with E-state index in [9.17, 15) is 0 Å². The summed E-state index contributed by atoms with van der Waals surface area (Å²) in [7, 11) is 0. The van der Waals surface area contributed by atoms with E-state index in [4.69, 9.17) is 11.6 Å². The summed E-state index contributed by atoms with van der Waals surface area (Å²) in [6.07, 6.45) is 21.0. The molecule has 0 radical (unpaired) electrons. The zero-order valence-corrected chi connectivity index (χ0v) is 16.2. The normalized spacial score (nSPS) is 9.71. The Morgan fingerprint density at radius 3 is 0.952 bits per heavy atom. The molecule has 0 aliphatic carbocycles. The maximum atomic E-state index is 5.63. The van der Waals surface area contributed by atoms with Crippen molar-refractivity contribution >= 4 is 11.6 Å². The van der Waals surface area contributed by atoms with Gasteiger partial charge < -0.3 is 6.15 Å². The van der Waals surface area contributed by atoms with Crippen molar-refractivity contribution in [3.8, 4) is 0 Å². The van der Waals surface area contributed by atoms with Gasteiger partial charge in [0.05, 0.1) is 0 Å². The second-order valence-corrected chi connectivity index (χ2v) is 6.31. The molecule has 0 fully saturated rings. The van der Waals surface area contributed by atoms with E-state index in [1.165, 1.54) is 96.3 Å². The van der Waals surface area contributed by atoms with Crippen LogP contribution in [0.25, 0.3) is 0 Å². The van der Waals surface area contributed by atoms with Crippen molar-refractivity contribution in [1.29, 1.82) is 0 Å². The highest BCUT2D eigenvalue weighted by molar-refractivity contribution is 6.17. The fraction of sp³-hybridized carbons (Fsp3) is 1.00. The molecule has 21 heavy (non-hydrogen) atoms. The van der Waals surface area contributed by atoms with E-state index in [1.807, 2.05) is 0 Å². The zero-order chi connectivity index (χ0) is 15.3. The lowest BCUT2D eigenvalue weighted by Gasteiger charge is -2.02. The largest absolute Gasteiger partial charge is 0.344 e. The Morgan fingerprint density at radius 1 is 0.429 bits per heavy atom. The predicted molar refractivity (Wildman–Crippen MR) is 102 cm³/mol. The summed E-state index contributed by atoms with van der Waals surface area (Å²) in [6.45, 7) is 6.64. The molecule has 0 aliphatic rings. The van der Waals surface area contributed by atoms with Crippen molar-refractivity contribution in [2.24, 2.45) is 0 Å². The molecule has 132 valence electrons. The molecule has 0 amide bonds. The van der Waals surface area contributed by atoms with E-state index in [-0.39, 0.29) is 6.15 Å². The lowest BCUT2D eigenvalue weighted by molar-refractivity contribution is 0.543. The second-order valence-electron chi connectivity index (χ2n) is 5.93. The molecule has 2 heteroatoms. The minimum absolute atomic E-state index is 0. The summed E-state index contributed by atoms with van der Waals surface area (Å²) in [5.41, 5.74) is 0. The molecule has 3 N–H and O–H groups in total. The first-order chi connectivity index (χ1) is 9.83. The Hall–Kier alpha value is 0.250. The molecule has 0 saturated heterocycles. The van der Waals surface area contributed by atoms with Crippen LogP contribution in [-0.4, -0.2) is 5.88 Å². The molecule has 0 rings (SSSR count). The van der Waals surface area contributed by atoms with E-state index >= 15 is 0 Å². The van der Waals surface area contributed by atoms with Crippen LogP contribution in [0.5, 0.6) is 0 Å². The fourth-order valence-corrected chi connectivity index (χ4v) is 2.30. The molecule has 0 unspecified atom stereocenters. The van der Waals surface area contributed by atoms with Gasteiger partial charge in [0.25, 0.3) is 0 Å². The summed E-state index contributed by atoms with van der Waals surface area (Å²) in [5.74, 6) is 0.845. The summed E-state index contributed by atoms with van der Waals surface area (Å²) in [4.78, 5) is 0. The van der Waals surface area contributed by atoms with Gasteiger partial charge in [0, 0.05) is 5.88 Å². The maximum Gasteiger partial charge on any atom is 0.0223 e. The van der Waals surface area contributed by atoms with Crippen LogP contribution in [0.15, 0.2) is 0 Å². The summed E-state index contributed by atoms with van der Waals surface area (Å²) in [5, 5.41) is 0. The van der Waals surface area contributed by atoms with Crippen molar-refractivity contribution in [1.82, 2.24) is 6.15 Å². The smallest absolute Gasteiger partial charge is 0.0223 e. The van der Waals surface area contributed by atoms with Gasteiger partial charge in [0.1, 0.15) is 0 Å². The molecular formula is C19H44ClN. The van der Waals surface area contributed by atoms with Gasteiger partial charge in [0.15, 0.2) is 0 Å². The molecule has 0 atom stereocenters. The number of hydrogen-bond donors (Lipinski definition) is 1. The molecule has 1 nitrogen and oxygen atoms in total. The summed E-state index contributed by atoms with van der Waals surface area (Å²) >= 11 is 5.63. The first-order valence-corrected chi connectivity index (χ1v) is 9.92. The highest BCUT2D eigenvalue weighted by Gasteiger charge is 1.93. The molecule has 0 aromatic rings. The maximum absolute atomic E-state index is 5.63. The van der Waals surface area contributed by atoms with Crippen LogP contribution in [-0.2, 0) is 0 Å². The highest BCUT2D eigenvalue weighted by Crippen LogP contribution is 2.12. The summed E-state index contributed by atoms with van der Waals surface area (Å²) in [6, 6.07) is 0. The van der Waals surface area contributed by atoms with E-state index in [0.29, 0.717) is 0 Å². The van der Waals surface area contributed by atoms with Gasteiger partial charge in [-0.3, -0.25) is 0 Å². The number of unbranched alkanes of at least 4 members (excludes halogenated alkanes) is 13. The fourth-order valence-electron chi connectivity index (χ4n) is 2.11. The number of hydrogen-bond acceptors (Lipinski definition) is 1. The zero-order valence-electron chi connectivity index (χ0n) is 15.4. The van der Waals surface area contributed by atoms with Crippen LogP contribution in [0.4, 0.5) is 0 Å². The molecule has 0 saturated carbocycles. The van der Waals surface area contributed by atoms with Gasteiger partial charge >= 0.3 is 0 Å². The van der Waals surface area contributed by atoms with E-state index < -0.39 is 0 Å². The lowest BCUT2D eigenvalue weighted by Crippen LogP contribution is -1.83. The van der Waals surface area contributed by atoms with Crippen molar-refractivity contribution in [3.63, 3.8) is 0 Å². The topological polar surface area (TPSA) is 35.0 Å². The first kappa shape index (κ1) is 26.2. The lowest BCUT2D eigenvalue weighted by atomic mass is 10.1. The predicted octanol–water partition coefficient (Wildman–Crippen LogP) is 8.28. The SMILES string of the molecule is CCCC.CCCCCCCCCCCCCCCCl.N. The number of halogens is 1. The average molecular weight is 322 g/mol. The third kappa shape index (κ3) is 33.2. The molecular weight excluding hydrogens is 278 g/mol. The Morgan fingerprint density at radius 2 is 0.714 bits per heavy atom. The molecule has 0 spiro atoms. The van der Waals surface area contributed by atoms with E-state index in [2.05, 4.69) is 20.8 Å². The monoisotopic (exact) mass is 321 g/mol. The number of rotatable bonds is 14. The van der Waals surface area contributed by atoms with Gasteiger partial charge in [-0.1, -0.05) is 111 Å². The number of alkyl halides is 1. The Labute approximate surface area is 141 Å². The third-order valence-electron chi connectivity index (χ3n) is 3.74. The standard InChI is InChI=1S/C15H31Cl.C4H10.H3N/c1-2-3-4-5-6-7-8-9-10-11-12-13-14-15-16;1-3-4-2;/h2-15H2,1H3;3-4H2,1-2H3;1H3. The molecule has 0 aromatic carbocycles. The van der Waals surface area contributed by atoms with Crippen molar-refractivity contribution in [2.45, 2.75) is 117 Å². The van der Waals surface area contributed by atoms with Gasteiger partial charge in [-0.05, 0) is 6.42 Å². The Kier molecular flexibility index (Phi) is 35.4. The van der Waals surface area contributed by atoms with Crippen molar-refractivity contribution < 1.29 is 0 Å². The summed E-state index contributed by atoms with van der Waals surface area (Å²) < 4.78 is 0. The Balaban J connectivity index is -0.000000572. The van der Waals surface area contributed by atoms with Gasteiger partial charge in [-0.25, -0.2) is 0 Å². The molecule has 0 bridgehead atoms. The van der Waals surface area contributed by atoms with Gasteiger partial charge in [-0.15, -0.1) is 11.6 Å². The molecule has 0 aromatic heterocycles. The van der Waals surface area contributed by atoms with Crippen LogP contribution in [0.3, 0.4) is 0 Å². The van der Waals surface area contributed by atoms with Crippen LogP contribution in [0, 0.1) is 0 Å². The van der Waals surface area contributed by atoms with Crippen molar-refractivity contribution in [3.05, 3.63) is 0 Å². The van der Waals surface area contributed by atoms with Gasteiger partial charge in [-0.2, -0.15) is 0 Å². The quantitative estimate of drug-likeness (QED) is 0.253. The van der Waals surface area contributed by atoms with Gasteiger partial charge in [0.2, 0.25) is 0 Å². The van der Waals surface area contributed by atoms with Crippen LogP contribution in [0.2, 0.25) is 0 Å². The van der Waals surface area contributed by atoms with E-state index in [0.717, 1.165) is 5.88 Å². The Bertz CT molecular complexity index is 124. The minimum atomic E-state index is 0. The average Bonchev–Trinajstić information content (AvgIpc) is 2.49. The first-order valence-electron chi connectivity index (χ1n) is 9.39. The second kappa shape index (κ2) is 28.4. The highest BCUT2D eigenvalue weighted by atomic mass is 35.5. The minimum Gasteiger partial charge on any atom is -0.344 e. The van der Waals surface area contributed by atoms with Crippen LogP contribution >= 0.6 is 11.6 Å².